The van der Waals surface area contributed by atoms with Crippen molar-refractivity contribution in [3.8, 4) is 10.6 Å². The number of halogens is 1. The van der Waals surface area contributed by atoms with Crippen LogP contribution in [-0.4, -0.2) is 66.8 Å². The zero-order chi connectivity index (χ0) is 22.2. The van der Waals surface area contributed by atoms with E-state index < -0.39 is 11.5 Å². The predicted octanol–water partition coefficient (Wildman–Crippen LogP) is 3.92. The average molecular weight is 460 g/mol. The lowest BCUT2D eigenvalue weighted by molar-refractivity contribution is 0.0422. The maximum atomic E-state index is 12.9. The third-order valence-corrected chi connectivity index (χ3v) is 6.45. The summed E-state index contributed by atoms with van der Waals surface area (Å²) in [5.41, 5.74) is 1.46. The average Bonchev–Trinajstić information content (AvgIpc) is 3.41. The van der Waals surface area contributed by atoms with Gasteiger partial charge in [-0.05, 0) is 37.6 Å². The zero-order valence-electron chi connectivity index (χ0n) is 17.2. The van der Waals surface area contributed by atoms with Gasteiger partial charge in [0.1, 0.15) is 5.01 Å². The molecule has 1 N–H and O–H groups in total. The van der Waals surface area contributed by atoms with Crippen LogP contribution in [0.25, 0.3) is 10.6 Å². The van der Waals surface area contributed by atoms with E-state index in [1.54, 1.807) is 22.4 Å². The van der Waals surface area contributed by atoms with E-state index in [-0.39, 0.29) is 11.7 Å². The van der Waals surface area contributed by atoms with Crippen molar-refractivity contribution in [2.75, 3.05) is 19.6 Å². The second-order valence-corrected chi connectivity index (χ2v) is 9.36. The highest BCUT2D eigenvalue weighted by molar-refractivity contribution is 7.13. The highest BCUT2D eigenvalue weighted by Crippen LogP contribution is 2.31. The Labute approximate surface area is 188 Å². The Morgan fingerprint density at radius 1 is 1.26 bits per heavy atom. The van der Waals surface area contributed by atoms with Crippen LogP contribution in [0.1, 0.15) is 29.9 Å². The zero-order valence-corrected chi connectivity index (χ0v) is 18.7. The van der Waals surface area contributed by atoms with Crippen molar-refractivity contribution in [2.45, 2.75) is 25.9 Å². The van der Waals surface area contributed by atoms with Crippen LogP contribution < -0.4 is 0 Å². The lowest BCUT2D eigenvalue weighted by Gasteiger charge is -2.46. The number of carbonyl (C=O) groups is 2. The first-order valence-electron chi connectivity index (χ1n) is 9.76. The summed E-state index contributed by atoms with van der Waals surface area (Å²) in [5, 5.41) is 16.4. The van der Waals surface area contributed by atoms with Gasteiger partial charge in [-0.15, -0.1) is 11.3 Å². The second-order valence-electron chi connectivity index (χ2n) is 8.06. The predicted molar refractivity (Wildman–Crippen MR) is 119 cm³/mol. The van der Waals surface area contributed by atoms with Crippen LogP contribution in [0.3, 0.4) is 0 Å². The summed E-state index contributed by atoms with van der Waals surface area (Å²) >= 11 is 7.92. The summed E-state index contributed by atoms with van der Waals surface area (Å²) in [6.45, 7) is 6.61. The van der Waals surface area contributed by atoms with E-state index in [2.05, 4.69) is 21.0 Å². The number of piperazine rings is 1. The minimum Gasteiger partial charge on any atom is -0.476 e. The smallest absolute Gasteiger partial charge is 0.356 e. The van der Waals surface area contributed by atoms with Gasteiger partial charge in [-0.3, -0.25) is 4.90 Å². The summed E-state index contributed by atoms with van der Waals surface area (Å²) in [6, 6.07) is 6.99. The van der Waals surface area contributed by atoms with Crippen LogP contribution in [0, 0.1) is 0 Å². The van der Waals surface area contributed by atoms with Crippen LogP contribution in [0.2, 0.25) is 5.02 Å². The number of aromatic nitrogens is 3. The minimum atomic E-state index is -1.16. The molecular weight excluding hydrogens is 438 g/mol. The van der Waals surface area contributed by atoms with Crippen molar-refractivity contribution in [3.63, 3.8) is 0 Å². The largest absolute Gasteiger partial charge is 0.476 e. The lowest BCUT2D eigenvalue weighted by Crippen LogP contribution is -2.61. The van der Waals surface area contributed by atoms with Gasteiger partial charge in [0.05, 0.1) is 10.6 Å². The molecule has 0 radical (unpaired) electrons. The van der Waals surface area contributed by atoms with Crippen molar-refractivity contribution in [2.24, 2.45) is 0 Å². The molecule has 162 valence electrons. The minimum absolute atomic E-state index is 0.149. The molecule has 10 heteroatoms. The van der Waals surface area contributed by atoms with Crippen molar-refractivity contribution in [3.05, 3.63) is 58.3 Å². The van der Waals surface area contributed by atoms with Crippen LogP contribution in [-0.2, 0) is 6.54 Å². The topological polar surface area (TPSA) is 91.6 Å². The maximum absolute atomic E-state index is 12.9. The number of carboxylic acids is 1. The molecule has 0 aliphatic carbocycles. The quantitative estimate of drug-likeness (QED) is 0.635. The molecule has 3 aromatic rings. The number of hydrogen-bond acceptors (Lipinski definition) is 6. The number of rotatable bonds is 4. The Hall–Kier alpha value is -2.75. The molecule has 1 aliphatic rings. The third-order valence-electron chi connectivity index (χ3n) is 5.32. The summed E-state index contributed by atoms with van der Waals surface area (Å²) < 4.78 is 1.10. The van der Waals surface area contributed by atoms with Gasteiger partial charge in [0.2, 0.25) is 0 Å². The van der Waals surface area contributed by atoms with Crippen LogP contribution in [0.4, 0.5) is 4.79 Å². The lowest BCUT2D eigenvalue weighted by atomic mass is 9.98. The Bertz CT molecular complexity index is 1110. The number of carbonyl (C=O) groups excluding carboxylic acids is 1. The van der Waals surface area contributed by atoms with Gasteiger partial charge in [-0.2, -0.15) is 9.78 Å². The number of hydrogen-bond donors (Lipinski definition) is 1. The normalized spacial score (nSPS) is 16.4. The fraction of sp³-hybridized carbons (Fsp3) is 0.333. The molecule has 31 heavy (non-hydrogen) atoms. The van der Waals surface area contributed by atoms with E-state index in [9.17, 15) is 9.59 Å². The van der Waals surface area contributed by atoms with Crippen LogP contribution in [0.15, 0.2) is 42.0 Å². The summed E-state index contributed by atoms with van der Waals surface area (Å²) in [4.78, 5) is 32.4. The Morgan fingerprint density at radius 2 is 2.06 bits per heavy atom. The van der Waals surface area contributed by atoms with Gasteiger partial charge in [0, 0.05) is 49.5 Å². The molecule has 0 unspecified atom stereocenters. The Morgan fingerprint density at radius 3 is 2.71 bits per heavy atom. The van der Waals surface area contributed by atoms with Crippen LogP contribution >= 0.6 is 22.9 Å². The van der Waals surface area contributed by atoms with Crippen molar-refractivity contribution < 1.29 is 14.7 Å². The molecule has 1 aliphatic heterocycles. The Kier molecular flexibility index (Phi) is 5.83. The highest BCUT2D eigenvalue weighted by Gasteiger charge is 2.37. The second kappa shape index (κ2) is 8.41. The van der Waals surface area contributed by atoms with Gasteiger partial charge >= 0.3 is 12.0 Å². The molecule has 1 saturated heterocycles. The van der Waals surface area contributed by atoms with E-state index in [0.29, 0.717) is 24.7 Å². The summed E-state index contributed by atoms with van der Waals surface area (Å²) in [5.74, 6) is -1.16. The van der Waals surface area contributed by atoms with Gasteiger partial charge in [0.15, 0.2) is 5.69 Å². The molecule has 0 atom stereocenters. The summed E-state index contributed by atoms with van der Waals surface area (Å²) in [6.07, 6.45) is 3.16. The molecule has 0 saturated carbocycles. The van der Waals surface area contributed by atoms with Crippen LogP contribution in [0.5, 0.6) is 0 Å². The molecule has 2 aromatic heterocycles. The number of benzene rings is 1. The summed E-state index contributed by atoms with van der Waals surface area (Å²) in [7, 11) is 0. The molecular formula is C21H22ClN5O3S. The highest BCUT2D eigenvalue weighted by atomic mass is 35.5. The monoisotopic (exact) mass is 459 g/mol. The number of nitrogens with zero attached hydrogens (tertiary/aromatic N) is 5. The number of amides is 1. The molecule has 4 rings (SSSR count). The van der Waals surface area contributed by atoms with Gasteiger partial charge in [-0.1, -0.05) is 17.7 Å². The fourth-order valence-corrected chi connectivity index (χ4v) is 4.79. The molecule has 1 fully saturated rings. The maximum Gasteiger partial charge on any atom is 0.356 e. The SMILES string of the molecule is CC1(C)CN(Cc2ccc(Cl)c(-c3nccs3)c2)CCN1C(=O)n1ccc(C(=O)O)n1. The standard InChI is InChI=1S/C21H22ClN5O3S/c1-21(2)13-25(8-9-26(21)20(30)27-7-5-17(24-27)19(28)29)12-14-3-4-16(22)15(11-14)18-23-6-10-31-18/h3-7,10-11H,8-9,12-13H2,1-2H3,(H,28,29). The molecule has 1 aromatic carbocycles. The van der Waals surface area contributed by atoms with E-state index in [4.69, 9.17) is 16.7 Å². The first kappa shape index (κ1) is 21.5. The van der Waals surface area contributed by atoms with E-state index in [1.807, 2.05) is 31.4 Å². The van der Waals surface area contributed by atoms with Crippen molar-refractivity contribution >= 4 is 34.9 Å². The first-order chi connectivity index (χ1) is 14.7. The van der Waals surface area contributed by atoms with Gasteiger partial charge in [0.25, 0.3) is 0 Å². The van der Waals surface area contributed by atoms with Gasteiger partial charge in [-0.25, -0.2) is 14.6 Å². The molecule has 1 amide bonds. The van der Waals surface area contributed by atoms with Crippen molar-refractivity contribution in [1.82, 2.24) is 24.6 Å². The van der Waals surface area contributed by atoms with Crippen molar-refractivity contribution in [1.29, 1.82) is 0 Å². The first-order valence-corrected chi connectivity index (χ1v) is 11.0. The molecule has 8 nitrogen and oxygen atoms in total. The number of aromatic carboxylic acids is 1. The van der Waals surface area contributed by atoms with Gasteiger partial charge < -0.3 is 10.0 Å². The molecule has 0 bridgehead atoms. The Balaban J connectivity index is 1.46. The number of carboxylic acid groups (broad SMARTS) is 1. The third kappa shape index (κ3) is 4.48. The number of thiazole rings is 1. The van der Waals surface area contributed by atoms with E-state index >= 15 is 0 Å². The fourth-order valence-electron chi connectivity index (χ4n) is 3.86. The molecule has 3 heterocycles. The van der Waals surface area contributed by atoms with E-state index in [0.717, 1.165) is 27.4 Å². The van der Waals surface area contributed by atoms with E-state index in [1.165, 1.54) is 12.3 Å². The molecule has 0 spiro atoms.